The van der Waals surface area contributed by atoms with E-state index in [2.05, 4.69) is 4.90 Å². The lowest BCUT2D eigenvalue weighted by Gasteiger charge is -2.56. The van der Waals surface area contributed by atoms with Gasteiger partial charge in [0.25, 0.3) is 0 Å². The van der Waals surface area contributed by atoms with Crippen molar-refractivity contribution in [3.8, 4) is 0 Å². The molecule has 2 saturated heterocycles. The van der Waals surface area contributed by atoms with Gasteiger partial charge in [0.05, 0.1) is 19.1 Å². The van der Waals surface area contributed by atoms with Gasteiger partial charge in [0.2, 0.25) is 0 Å². The van der Waals surface area contributed by atoms with Gasteiger partial charge < -0.3 is 9.84 Å². The highest BCUT2D eigenvalue weighted by Crippen LogP contribution is 2.38. The largest absolute Gasteiger partial charge is 0.481 e. The third kappa shape index (κ3) is 1.64. The van der Waals surface area contributed by atoms with Gasteiger partial charge in [-0.1, -0.05) is 0 Å². The summed E-state index contributed by atoms with van der Waals surface area (Å²) in [6.45, 7) is 1.77. The third-order valence-electron chi connectivity index (χ3n) is 4.48. The second-order valence-electron chi connectivity index (χ2n) is 5.37. The molecule has 2 aliphatic heterocycles. The molecule has 3 fully saturated rings. The van der Waals surface area contributed by atoms with Gasteiger partial charge in [0, 0.05) is 18.1 Å². The van der Waals surface area contributed by atoms with Crippen LogP contribution in [0.25, 0.3) is 0 Å². The molecule has 4 nitrogen and oxygen atoms in total. The van der Waals surface area contributed by atoms with Crippen LogP contribution in [0.3, 0.4) is 0 Å². The summed E-state index contributed by atoms with van der Waals surface area (Å²) in [4.78, 5) is 13.5. The van der Waals surface area contributed by atoms with Crippen molar-refractivity contribution in [3.05, 3.63) is 0 Å². The van der Waals surface area contributed by atoms with E-state index in [9.17, 15) is 4.79 Å². The van der Waals surface area contributed by atoms with Crippen LogP contribution < -0.4 is 0 Å². The van der Waals surface area contributed by atoms with E-state index in [1.165, 1.54) is 6.42 Å². The van der Waals surface area contributed by atoms with Crippen molar-refractivity contribution in [2.45, 2.75) is 50.2 Å². The Hall–Kier alpha value is -0.610. The highest BCUT2D eigenvalue weighted by atomic mass is 16.5. The van der Waals surface area contributed by atoms with Crippen molar-refractivity contribution in [2.75, 3.05) is 13.2 Å². The van der Waals surface area contributed by atoms with Gasteiger partial charge in [-0.3, -0.25) is 9.69 Å². The standard InChI is InChI=1S/C12H19NO3/c14-12(15)8-1-3-9(4-2-8)13-10-5-11(13)7-16-6-10/h8-11H,1-7H2,(H,14,15). The van der Waals surface area contributed by atoms with Crippen molar-refractivity contribution < 1.29 is 14.6 Å². The van der Waals surface area contributed by atoms with E-state index < -0.39 is 5.97 Å². The fourth-order valence-corrected chi connectivity index (χ4v) is 3.58. The summed E-state index contributed by atoms with van der Waals surface area (Å²) >= 11 is 0. The molecule has 0 amide bonds. The number of rotatable bonds is 2. The summed E-state index contributed by atoms with van der Waals surface area (Å²) in [6.07, 6.45) is 5.13. The summed E-state index contributed by atoms with van der Waals surface area (Å²) in [6, 6.07) is 1.89. The fourth-order valence-electron chi connectivity index (χ4n) is 3.58. The number of ether oxygens (including phenoxy) is 1. The first kappa shape index (κ1) is 10.5. The first-order chi connectivity index (χ1) is 7.75. The number of nitrogens with zero attached hydrogens (tertiary/aromatic N) is 1. The Labute approximate surface area is 95.6 Å². The Balaban J connectivity index is 1.56. The molecule has 1 saturated carbocycles. The van der Waals surface area contributed by atoms with Crippen LogP contribution in [0.15, 0.2) is 0 Å². The van der Waals surface area contributed by atoms with E-state index in [0.29, 0.717) is 18.1 Å². The van der Waals surface area contributed by atoms with Crippen LogP contribution in [-0.4, -0.2) is 47.3 Å². The van der Waals surface area contributed by atoms with Gasteiger partial charge in [-0.05, 0) is 32.1 Å². The first-order valence-electron chi connectivity index (χ1n) is 6.33. The Morgan fingerprint density at radius 1 is 1.06 bits per heavy atom. The van der Waals surface area contributed by atoms with Gasteiger partial charge in [-0.2, -0.15) is 0 Å². The van der Waals surface area contributed by atoms with Crippen LogP contribution >= 0.6 is 0 Å². The zero-order valence-corrected chi connectivity index (χ0v) is 9.47. The van der Waals surface area contributed by atoms with E-state index in [-0.39, 0.29) is 5.92 Å². The number of carboxylic acids is 1. The highest BCUT2D eigenvalue weighted by molar-refractivity contribution is 5.70. The van der Waals surface area contributed by atoms with Gasteiger partial charge in [0.15, 0.2) is 0 Å². The van der Waals surface area contributed by atoms with Gasteiger partial charge in [-0.15, -0.1) is 0 Å². The molecule has 4 heteroatoms. The van der Waals surface area contributed by atoms with E-state index >= 15 is 0 Å². The molecule has 16 heavy (non-hydrogen) atoms. The lowest BCUT2D eigenvalue weighted by Crippen LogP contribution is -2.67. The summed E-state index contributed by atoms with van der Waals surface area (Å²) < 4.78 is 5.48. The molecule has 2 heterocycles. The predicted octanol–water partition coefficient (Wildman–Crippen LogP) is 1.10. The molecule has 0 aromatic heterocycles. The average molecular weight is 225 g/mol. The van der Waals surface area contributed by atoms with Crippen LogP contribution in [0.1, 0.15) is 32.1 Å². The Kier molecular flexibility index (Phi) is 2.64. The summed E-state index contributed by atoms with van der Waals surface area (Å²) in [5.74, 6) is -0.695. The molecule has 0 aromatic carbocycles. The molecule has 0 radical (unpaired) electrons. The molecule has 2 bridgehead atoms. The number of hydrogen-bond acceptors (Lipinski definition) is 3. The maximum atomic E-state index is 10.9. The molecule has 3 rings (SSSR count). The minimum Gasteiger partial charge on any atom is -0.481 e. The molecule has 2 atom stereocenters. The van der Waals surface area contributed by atoms with Gasteiger partial charge >= 0.3 is 5.97 Å². The molecule has 0 aromatic rings. The molecule has 0 spiro atoms. The number of carbonyl (C=O) groups is 1. The van der Waals surface area contributed by atoms with E-state index in [1.807, 2.05) is 0 Å². The first-order valence-corrected chi connectivity index (χ1v) is 6.33. The number of fused-ring (bicyclic) bond motifs is 2. The normalized spacial score (nSPS) is 43.8. The van der Waals surface area contributed by atoms with Crippen molar-refractivity contribution >= 4 is 5.97 Å². The van der Waals surface area contributed by atoms with Crippen molar-refractivity contribution in [2.24, 2.45) is 5.92 Å². The maximum Gasteiger partial charge on any atom is 0.306 e. The van der Waals surface area contributed by atoms with Crippen LogP contribution in [-0.2, 0) is 9.53 Å². The lowest BCUT2D eigenvalue weighted by molar-refractivity contribution is -0.157. The highest BCUT2D eigenvalue weighted by Gasteiger charge is 2.46. The molecule has 1 N–H and O–H groups in total. The number of morpholine rings is 1. The number of carboxylic acid groups (broad SMARTS) is 1. The molecular formula is C12H19NO3. The summed E-state index contributed by atoms with van der Waals surface area (Å²) in [5.41, 5.74) is 0. The second-order valence-corrected chi connectivity index (χ2v) is 5.37. The summed E-state index contributed by atoms with van der Waals surface area (Å²) in [5, 5.41) is 8.96. The number of aliphatic carboxylic acids is 1. The summed E-state index contributed by atoms with van der Waals surface area (Å²) in [7, 11) is 0. The molecule has 1 aliphatic carbocycles. The van der Waals surface area contributed by atoms with E-state index in [0.717, 1.165) is 38.9 Å². The van der Waals surface area contributed by atoms with Crippen LogP contribution in [0.5, 0.6) is 0 Å². The van der Waals surface area contributed by atoms with E-state index in [1.54, 1.807) is 0 Å². The zero-order valence-electron chi connectivity index (χ0n) is 9.47. The second kappa shape index (κ2) is 4.00. The molecule has 2 unspecified atom stereocenters. The minimum absolute atomic E-state index is 0.0892. The van der Waals surface area contributed by atoms with Crippen molar-refractivity contribution in [1.29, 1.82) is 0 Å². The fraction of sp³-hybridized carbons (Fsp3) is 0.917. The lowest BCUT2D eigenvalue weighted by atomic mass is 9.80. The minimum atomic E-state index is -0.606. The number of hydrogen-bond donors (Lipinski definition) is 1. The SMILES string of the molecule is O=C(O)C1CCC(N2C3COCC2C3)CC1. The Morgan fingerprint density at radius 2 is 1.69 bits per heavy atom. The molecule has 3 aliphatic rings. The van der Waals surface area contributed by atoms with Gasteiger partial charge in [-0.25, -0.2) is 0 Å². The third-order valence-corrected chi connectivity index (χ3v) is 4.48. The van der Waals surface area contributed by atoms with Crippen LogP contribution in [0, 0.1) is 5.92 Å². The van der Waals surface area contributed by atoms with Crippen LogP contribution in [0.2, 0.25) is 0 Å². The van der Waals surface area contributed by atoms with Crippen LogP contribution in [0.4, 0.5) is 0 Å². The van der Waals surface area contributed by atoms with Crippen molar-refractivity contribution in [3.63, 3.8) is 0 Å². The molecular weight excluding hydrogens is 206 g/mol. The van der Waals surface area contributed by atoms with E-state index in [4.69, 9.17) is 9.84 Å². The van der Waals surface area contributed by atoms with Crippen molar-refractivity contribution in [1.82, 2.24) is 4.90 Å². The average Bonchev–Trinajstić information content (AvgIpc) is 2.30. The monoisotopic (exact) mass is 225 g/mol. The topological polar surface area (TPSA) is 49.8 Å². The van der Waals surface area contributed by atoms with Gasteiger partial charge in [0.1, 0.15) is 0 Å². The quantitative estimate of drug-likeness (QED) is 0.764. The smallest absolute Gasteiger partial charge is 0.306 e. The predicted molar refractivity (Wildman–Crippen MR) is 58.2 cm³/mol. The maximum absolute atomic E-state index is 10.9. The Morgan fingerprint density at radius 3 is 2.19 bits per heavy atom. The zero-order chi connectivity index (χ0) is 11.1. The Bertz CT molecular complexity index is 272. The molecule has 90 valence electrons.